The fourth-order valence-electron chi connectivity index (χ4n) is 1.91. The van der Waals surface area contributed by atoms with Crippen LogP contribution in [0.2, 0.25) is 0 Å². The Bertz CT molecular complexity index is 677. The van der Waals surface area contributed by atoms with Gasteiger partial charge in [-0.25, -0.2) is 4.98 Å². The summed E-state index contributed by atoms with van der Waals surface area (Å²) in [6.07, 6.45) is 0. The summed E-state index contributed by atoms with van der Waals surface area (Å²) in [6.45, 7) is 4.02. The summed E-state index contributed by atoms with van der Waals surface area (Å²) in [7, 11) is 0. The zero-order chi connectivity index (χ0) is 12.0. The quantitative estimate of drug-likeness (QED) is 0.713. The SMILES string of the molecule is Cc1ccc(-c2csc3nc(C)c(N)n23)cc1. The largest absolute Gasteiger partial charge is 0.383 e. The van der Waals surface area contributed by atoms with Crippen LogP contribution >= 0.6 is 11.3 Å². The highest BCUT2D eigenvalue weighted by Gasteiger charge is 2.12. The van der Waals surface area contributed by atoms with Crippen molar-refractivity contribution in [3.63, 3.8) is 0 Å². The number of nitrogens with two attached hydrogens (primary N) is 1. The summed E-state index contributed by atoms with van der Waals surface area (Å²) >= 11 is 1.62. The lowest BCUT2D eigenvalue weighted by Crippen LogP contribution is -1.94. The van der Waals surface area contributed by atoms with Crippen LogP contribution in [-0.4, -0.2) is 9.38 Å². The molecule has 2 aromatic heterocycles. The number of hydrogen-bond acceptors (Lipinski definition) is 3. The number of imidazole rings is 1. The predicted octanol–water partition coefficient (Wildman–Crippen LogP) is 3.26. The van der Waals surface area contributed by atoms with Gasteiger partial charge in [0.2, 0.25) is 0 Å². The Kier molecular flexibility index (Phi) is 2.19. The van der Waals surface area contributed by atoms with Crippen molar-refractivity contribution in [1.82, 2.24) is 9.38 Å². The molecule has 86 valence electrons. The van der Waals surface area contributed by atoms with Crippen molar-refractivity contribution in [3.8, 4) is 11.3 Å². The van der Waals surface area contributed by atoms with E-state index in [2.05, 4.69) is 41.6 Å². The van der Waals surface area contributed by atoms with Crippen LogP contribution in [-0.2, 0) is 0 Å². The Hall–Kier alpha value is -1.81. The van der Waals surface area contributed by atoms with Crippen molar-refractivity contribution < 1.29 is 0 Å². The van der Waals surface area contributed by atoms with E-state index in [4.69, 9.17) is 5.73 Å². The number of fused-ring (bicyclic) bond motifs is 1. The molecular formula is C13H13N3S. The number of rotatable bonds is 1. The van der Waals surface area contributed by atoms with Crippen LogP contribution in [0.25, 0.3) is 16.2 Å². The van der Waals surface area contributed by atoms with E-state index in [0.29, 0.717) is 0 Å². The minimum atomic E-state index is 0.733. The molecule has 3 aromatic rings. The predicted molar refractivity (Wildman–Crippen MR) is 72.4 cm³/mol. The van der Waals surface area contributed by atoms with Crippen molar-refractivity contribution in [3.05, 3.63) is 40.9 Å². The van der Waals surface area contributed by atoms with Gasteiger partial charge in [0.15, 0.2) is 4.96 Å². The van der Waals surface area contributed by atoms with Crippen LogP contribution in [0, 0.1) is 13.8 Å². The summed E-state index contributed by atoms with van der Waals surface area (Å²) in [6, 6.07) is 8.45. The van der Waals surface area contributed by atoms with Crippen LogP contribution in [0.1, 0.15) is 11.3 Å². The highest BCUT2D eigenvalue weighted by atomic mass is 32.1. The van der Waals surface area contributed by atoms with Crippen molar-refractivity contribution in [1.29, 1.82) is 0 Å². The molecule has 2 heterocycles. The Balaban J connectivity index is 2.26. The molecule has 3 nitrogen and oxygen atoms in total. The van der Waals surface area contributed by atoms with Gasteiger partial charge in [-0.1, -0.05) is 29.8 Å². The van der Waals surface area contributed by atoms with Crippen LogP contribution in [0.15, 0.2) is 29.6 Å². The number of aromatic nitrogens is 2. The molecule has 0 aliphatic rings. The third-order valence-corrected chi connectivity index (χ3v) is 3.76. The second kappa shape index (κ2) is 3.60. The Morgan fingerprint density at radius 2 is 1.88 bits per heavy atom. The van der Waals surface area contributed by atoms with Crippen molar-refractivity contribution in [2.45, 2.75) is 13.8 Å². The topological polar surface area (TPSA) is 43.3 Å². The monoisotopic (exact) mass is 243 g/mol. The first-order valence-electron chi connectivity index (χ1n) is 5.46. The summed E-state index contributed by atoms with van der Waals surface area (Å²) in [5.74, 6) is 0.733. The maximum Gasteiger partial charge on any atom is 0.196 e. The van der Waals surface area contributed by atoms with Crippen molar-refractivity contribution in [2.75, 3.05) is 5.73 Å². The fraction of sp³-hybridized carbons (Fsp3) is 0.154. The molecule has 2 N–H and O–H groups in total. The number of nitrogens with zero attached hydrogens (tertiary/aromatic N) is 2. The van der Waals surface area contributed by atoms with Crippen LogP contribution in [0.3, 0.4) is 0 Å². The summed E-state index contributed by atoms with van der Waals surface area (Å²) < 4.78 is 2.02. The van der Waals surface area contributed by atoms with E-state index in [1.807, 2.05) is 11.3 Å². The number of nitrogen functional groups attached to an aromatic ring is 1. The Labute approximate surface area is 104 Å². The second-order valence-corrected chi connectivity index (χ2v) is 5.02. The molecule has 0 aliphatic heterocycles. The maximum absolute atomic E-state index is 6.06. The molecule has 0 saturated carbocycles. The zero-order valence-corrected chi connectivity index (χ0v) is 10.6. The first kappa shape index (κ1) is 10.4. The van der Waals surface area contributed by atoms with Gasteiger partial charge in [-0.15, -0.1) is 11.3 Å². The van der Waals surface area contributed by atoms with Crippen LogP contribution in [0.4, 0.5) is 5.82 Å². The van der Waals surface area contributed by atoms with E-state index in [-0.39, 0.29) is 0 Å². The molecule has 3 rings (SSSR count). The Morgan fingerprint density at radius 1 is 1.18 bits per heavy atom. The molecule has 0 aliphatic carbocycles. The molecule has 0 saturated heterocycles. The van der Waals surface area contributed by atoms with Gasteiger partial charge in [-0.3, -0.25) is 4.40 Å². The van der Waals surface area contributed by atoms with Gasteiger partial charge in [0.25, 0.3) is 0 Å². The first-order valence-corrected chi connectivity index (χ1v) is 6.34. The third-order valence-electron chi connectivity index (χ3n) is 2.93. The fourth-order valence-corrected chi connectivity index (χ4v) is 2.86. The lowest BCUT2D eigenvalue weighted by molar-refractivity contribution is 1.24. The van der Waals surface area contributed by atoms with Gasteiger partial charge in [-0.2, -0.15) is 0 Å². The van der Waals surface area contributed by atoms with Crippen LogP contribution in [0.5, 0.6) is 0 Å². The summed E-state index contributed by atoms with van der Waals surface area (Å²) in [5, 5.41) is 2.10. The van der Waals surface area contributed by atoms with E-state index in [0.717, 1.165) is 22.2 Å². The second-order valence-electron chi connectivity index (χ2n) is 4.19. The molecule has 0 fully saturated rings. The van der Waals surface area contributed by atoms with E-state index < -0.39 is 0 Å². The molecule has 0 atom stereocenters. The molecule has 0 unspecified atom stereocenters. The van der Waals surface area contributed by atoms with Crippen molar-refractivity contribution >= 4 is 22.1 Å². The molecule has 4 heteroatoms. The summed E-state index contributed by atoms with van der Waals surface area (Å²) in [5.41, 5.74) is 10.5. The van der Waals surface area contributed by atoms with E-state index in [9.17, 15) is 0 Å². The van der Waals surface area contributed by atoms with Gasteiger partial charge in [0.05, 0.1) is 11.4 Å². The highest BCUT2D eigenvalue weighted by molar-refractivity contribution is 7.15. The molecule has 1 aromatic carbocycles. The molecule has 0 radical (unpaired) electrons. The molecule has 17 heavy (non-hydrogen) atoms. The lowest BCUT2D eigenvalue weighted by Gasteiger charge is -2.02. The highest BCUT2D eigenvalue weighted by Crippen LogP contribution is 2.29. The standard InChI is InChI=1S/C13H13N3S/c1-8-3-5-10(6-4-8)11-7-17-13-15-9(2)12(14)16(11)13/h3-7H,14H2,1-2H3. The third kappa shape index (κ3) is 1.52. The minimum Gasteiger partial charge on any atom is -0.383 e. The smallest absolute Gasteiger partial charge is 0.196 e. The lowest BCUT2D eigenvalue weighted by atomic mass is 10.1. The maximum atomic E-state index is 6.06. The van der Waals surface area contributed by atoms with Gasteiger partial charge < -0.3 is 5.73 Å². The average Bonchev–Trinajstić information content (AvgIpc) is 2.83. The molecule has 0 amide bonds. The summed E-state index contributed by atoms with van der Waals surface area (Å²) in [4.78, 5) is 5.39. The first-order chi connectivity index (χ1) is 8.16. The zero-order valence-electron chi connectivity index (χ0n) is 9.77. The normalized spacial score (nSPS) is 11.2. The van der Waals surface area contributed by atoms with Crippen molar-refractivity contribution in [2.24, 2.45) is 0 Å². The number of anilines is 1. The molecular weight excluding hydrogens is 230 g/mol. The van der Waals surface area contributed by atoms with E-state index >= 15 is 0 Å². The van der Waals surface area contributed by atoms with Gasteiger partial charge in [-0.05, 0) is 19.4 Å². The van der Waals surface area contributed by atoms with Gasteiger partial charge in [0.1, 0.15) is 5.82 Å². The van der Waals surface area contributed by atoms with Crippen LogP contribution < -0.4 is 5.73 Å². The van der Waals surface area contributed by atoms with Gasteiger partial charge in [0, 0.05) is 5.38 Å². The molecule has 0 bridgehead atoms. The molecule has 0 spiro atoms. The number of aryl methyl sites for hydroxylation is 2. The number of thiazole rings is 1. The minimum absolute atomic E-state index is 0.733. The van der Waals surface area contributed by atoms with E-state index in [1.54, 1.807) is 11.3 Å². The van der Waals surface area contributed by atoms with E-state index in [1.165, 1.54) is 11.1 Å². The average molecular weight is 243 g/mol. The Morgan fingerprint density at radius 3 is 2.59 bits per heavy atom. The van der Waals surface area contributed by atoms with Gasteiger partial charge >= 0.3 is 0 Å². The number of benzene rings is 1. The number of hydrogen-bond donors (Lipinski definition) is 1.